The lowest BCUT2D eigenvalue weighted by atomic mass is 9.97. The molecule has 0 atom stereocenters. The number of piperidine rings is 1. The highest BCUT2D eigenvalue weighted by Gasteiger charge is 2.28. The second kappa shape index (κ2) is 12.6. The van der Waals surface area contributed by atoms with Crippen LogP contribution in [0, 0.1) is 5.92 Å². The predicted molar refractivity (Wildman–Crippen MR) is 139 cm³/mol. The average molecular weight is 509 g/mol. The van der Waals surface area contributed by atoms with Crippen LogP contribution in [0.2, 0.25) is 0 Å². The van der Waals surface area contributed by atoms with E-state index in [9.17, 15) is 9.59 Å². The highest BCUT2D eigenvalue weighted by atomic mass is 32.2. The van der Waals surface area contributed by atoms with E-state index in [1.54, 1.807) is 18.9 Å². The number of rotatable bonds is 10. The molecule has 9 heteroatoms. The number of amides is 1. The molecule has 36 heavy (non-hydrogen) atoms. The second-order valence-corrected chi connectivity index (χ2v) is 9.63. The molecule has 1 saturated heterocycles. The molecule has 1 amide bonds. The number of hydrogen-bond acceptors (Lipinski definition) is 7. The molecule has 2 aromatic carbocycles. The minimum absolute atomic E-state index is 0.0901. The van der Waals surface area contributed by atoms with Crippen molar-refractivity contribution in [2.75, 3.05) is 32.6 Å². The molecule has 0 saturated carbocycles. The molecule has 4 rings (SSSR count). The lowest BCUT2D eigenvalue weighted by molar-refractivity contribution is -0.151. The summed E-state index contributed by atoms with van der Waals surface area (Å²) in [6, 6.07) is 17.8. The Morgan fingerprint density at radius 3 is 2.42 bits per heavy atom. The van der Waals surface area contributed by atoms with Gasteiger partial charge in [-0.1, -0.05) is 42.1 Å². The van der Waals surface area contributed by atoms with Crippen LogP contribution in [-0.2, 0) is 14.3 Å². The van der Waals surface area contributed by atoms with Gasteiger partial charge in [0.15, 0.2) is 11.0 Å². The summed E-state index contributed by atoms with van der Waals surface area (Å²) < 4.78 is 12.5. The van der Waals surface area contributed by atoms with E-state index in [0.717, 1.165) is 40.2 Å². The molecule has 1 fully saturated rings. The minimum Gasteiger partial charge on any atom is -0.497 e. The van der Waals surface area contributed by atoms with Crippen molar-refractivity contribution in [1.82, 2.24) is 19.7 Å². The van der Waals surface area contributed by atoms with Crippen molar-refractivity contribution in [1.29, 1.82) is 0 Å². The number of thioether (sulfide) groups is 1. The van der Waals surface area contributed by atoms with Gasteiger partial charge in [0.25, 0.3) is 0 Å². The van der Waals surface area contributed by atoms with Crippen LogP contribution in [0.15, 0.2) is 59.8 Å². The number of benzene rings is 2. The first-order chi connectivity index (χ1) is 17.6. The van der Waals surface area contributed by atoms with Crippen LogP contribution in [0.3, 0.4) is 0 Å². The fourth-order valence-electron chi connectivity index (χ4n) is 4.27. The van der Waals surface area contributed by atoms with Crippen molar-refractivity contribution in [3.63, 3.8) is 0 Å². The van der Waals surface area contributed by atoms with Gasteiger partial charge in [0, 0.05) is 36.5 Å². The summed E-state index contributed by atoms with van der Waals surface area (Å²) in [6.45, 7) is 3.44. The van der Waals surface area contributed by atoms with Crippen LogP contribution in [0.25, 0.3) is 17.1 Å². The van der Waals surface area contributed by atoms with Crippen LogP contribution in [0.4, 0.5) is 0 Å². The number of nitrogens with zero attached hydrogens (tertiary/aromatic N) is 4. The third kappa shape index (κ3) is 6.26. The van der Waals surface area contributed by atoms with Crippen molar-refractivity contribution in [2.24, 2.45) is 5.92 Å². The fraction of sp³-hybridized carbons (Fsp3) is 0.407. The number of ether oxygens (including phenoxy) is 2. The van der Waals surface area contributed by atoms with Crippen LogP contribution < -0.4 is 4.74 Å². The Labute approximate surface area is 216 Å². The summed E-state index contributed by atoms with van der Waals surface area (Å²) in [5.41, 5.74) is 1.93. The highest BCUT2D eigenvalue weighted by molar-refractivity contribution is 7.99. The summed E-state index contributed by atoms with van der Waals surface area (Å²) in [5.74, 6) is 2.20. The summed E-state index contributed by atoms with van der Waals surface area (Å²) in [5, 5.41) is 9.72. The fourth-order valence-corrected chi connectivity index (χ4v) is 5.16. The molecule has 0 aliphatic carbocycles. The Balaban J connectivity index is 1.36. The molecule has 3 aromatic rings. The van der Waals surface area contributed by atoms with E-state index in [1.165, 1.54) is 0 Å². The summed E-state index contributed by atoms with van der Waals surface area (Å²) in [6.07, 6.45) is 2.55. The normalized spacial score (nSPS) is 14.0. The summed E-state index contributed by atoms with van der Waals surface area (Å²) in [7, 11) is 1.65. The van der Waals surface area contributed by atoms with Crippen LogP contribution >= 0.6 is 11.8 Å². The maximum atomic E-state index is 12.7. The van der Waals surface area contributed by atoms with Gasteiger partial charge >= 0.3 is 5.97 Å². The molecular weight excluding hydrogens is 476 g/mol. The molecular formula is C27H32N4O4S. The Hall–Kier alpha value is -3.33. The van der Waals surface area contributed by atoms with Gasteiger partial charge in [-0.25, -0.2) is 0 Å². The molecule has 0 spiro atoms. The predicted octanol–water partition coefficient (Wildman–Crippen LogP) is 4.62. The first-order valence-corrected chi connectivity index (χ1v) is 13.3. The molecule has 1 aliphatic rings. The first-order valence-electron chi connectivity index (χ1n) is 12.3. The average Bonchev–Trinajstić information content (AvgIpc) is 3.35. The summed E-state index contributed by atoms with van der Waals surface area (Å²) in [4.78, 5) is 26.5. The number of carbonyl (C=O) groups excluding carboxylic acids is 2. The Morgan fingerprint density at radius 2 is 1.75 bits per heavy atom. The lowest BCUT2D eigenvalue weighted by Crippen LogP contribution is -2.40. The second-order valence-electron chi connectivity index (χ2n) is 8.56. The number of methoxy groups -OCH3 is 1. The zero-order valence-electron chi connectivity index (χ0n) is 20.8. The van der Waals surface area contributed by atoms with Gasteiger partial charge in [0.2, 0.25) is 5.91 Å². The number of hydrogen-bond donors (Lipinski definition) is 0. The largest absolute Gasteiger partial charge is 0.497 e. The monoisotopic (exact) mass is 508 g/mol. The first kappa shape index (κ1) is 25.8. The van der Waals surface area contributed by atoms with Crippen molar-refractivity contribution in [2.45, 2.75) is 37.8 Å². The quantitative estimate of drug-likeness (QED) is 0.224. The zero-order chi connectivity index (χ0) is 25.3. The molecule has 0 unspecified atom stereocenters. The number of esters is 1. The van der Waals surface area contributed by atoms with Gasteiger partial charge in [-0.15, -0.1) is 10.2 Å². The van der Waals surface area contributed by atoms with Crippen LogP contribution in [0.1, 0.15) is 32.6 Å². The van der Waals surface area contributed by atoms with E-state index in [4.69, 9.17) is 9.47 Å². The maximum absolute atomic E-state index is 12.7. The third-order valence-electron chi connectivity index (χ3n) is 6.23. The van der Waals surface area contributed by atoms with E-state index < -0.39 is 0 Å². The van der Waals surface area contributed by atoms with Crippen molar-refractivity contribution in [3.8, 4) is 22.8 Å². The Bertz CT molecular complexity index is 1140. The smallest absolute Gasteiger partial charge is 0.309 e. The summed E-state index contributed by atoms with van der Waals surface area (Å²) >= 11 is 1.59. The maximum Gasteiger partial charge on any atom is 0.309 e. The van der Waals surface area contributed by atoms with E-state index >= 15 is 0 Å². The van der Waals surface area contributed by atoms with Crippen LogP contribution in [-0.4, -0.2) is 64.1 Å². The van der Waals surface area contributed by atoms with Crippen molar-refractivity contribution in [3.05, 3.63) is 54.6 Å². The lowest BCUT2D eigenvalue weighted by Gasteiger charge is -2.31. The standard InChI is InChI=1S/C27H32N4O4S/c1-3-35-26(33)21-15-17-30(18-16-21)24(32)10-7-19-36-27-29-28-25(20-8-5-4-6-9-20)31(27)22-11-13-23(34-2)14-12-22/h4-6,8-9,11-14,21H,3,7,10,15-19H2,1-2H3. The SMILES string of the molecule is CCOC(=O)C1CCN(C(=O)CCCSc2nnc(-c3ccccc3)n2-c2ccc(OC)cc2)CC1. The van der Waals surface area contributed by atoms with Crippen LogP contribution in [0.5, 0.6) is 5.75 Å². The molecule has 8 nitrogen and oxygen atoms in total. The van der Waals surface area contributed by atoms with Crippen molar-refractivity contribution >= 4 is 23.6 Å². The molecule has 1 aliphatic heterocycles. The number of likely N-dealkylation sites (tertiary alicyclic amines) is 1. The topological polar surface area (TPSA) is 86.5 Å². The van der Waals surface area contributed by atoms with Gasteiger partial charge < -0.3 is 14.4 Å². The molecule has 0 bridgehead atoms. The molecule has 190 valence electrons. The zero-order valence-corrected chi connectivity index (χ0v) is 21.6. The van der Waals surface area contributed by atoms with Crippen molar-refractivity contribution < 1.29 is 19.1 Å². The van der Waals surface area contributed by atoms with Gasteiger partial charge in [-0.3, -0.25) is 14.2 Å². The minimum atomic E-state index is -0.142. The van der Waals surface area contributed by atoms with Gasteiger partial charge in [0.05, 0.1) is 19.6 Å². The highest BCUT2D eigenvalue weighted by Crippen LogP contribution is 2.29. The molecule has 1 aromatic heterocycles. The van der Waals surface area contributed by atoms with E-state index in [0.29, 0.717) is 39.0 Å². The molecule has 2 heterocycles. The third-order valence-corrected chi connectivity index (χ3v) is 7.24. The van der Waals surface area contributed by atoms with Gasteiger partial charge in [-0.05, 0) is 50.5 Å². The van der Waals surface area contributed by atoms with E-state index in [-0.39, 0.29) is 17.8 Å². The van der Waals surface area contributed by atoms with Gasteiger partial charge in [0.1, 0.15) is 5.75 Å². The Morgan fingerprint density at radius 1 is 1.03 bits per heavy atom. The molecule has 0 N–H and O–H groups in total. The Kier molecular flexibility index (Phi) is 9.00. The molecule has 0 radical (unpaired) electrons. The van der Waals surface area contributed by atoms with E-state index in [2.05, 4.69) is 10.2 Å². The van der Waals surface area contributed by atoms with Gasteiger partial charge in [-0.2, -0.15) is 0 Å². The van der Waals surface area contributed by atoms with E-state index in [1.807, 2.05) is 71.0 Å². The number of carbonyl (C=O) groups is 2. The number of aromatic nitrogens is 3.